The highest BCUT2D eigenvalue weighted by Gasteiger charge is 2.19. The standard InChI is InChI=1S/C14H18N4O3/c1-8(2)10-7-12(18-17-10)16-13(19)9(3)15-14(20)11-5-4-6-21-11/h4-9H,1-3H3,(H,15,20)(H2,16,17,18,19). The highest BCUT2D eigenvalue weighted by Crippen LogP contribution is 2.14. The van der Waals surface area contributed by atoms with Crippen LogP contribution in [0.15, 0.2) is 28.9 Å². The van der Waals surface area contributed by atoms with Crippen molar-refractivity contribution in [3.63, 3.8) is 0 Å². The number of rotatable bonds is 5. The van der Waals surface area contributed by atoms with E-state index in [2.05, 4.69) is 20.8 Å². The van der Waals surface area contributed by atoms with E-state index < -0.39 is 11.9 Å². The maximum absolute atomic E-state index is 12.0. The first-order valence-corrected chi connectivity index (χ1v) is 6.68. The summed E-state index contributed by atoms with van der Waals surface area (Å²) in [7, 11) is 0. The van der Waals surface area contributed by atoms with Gasteiger partial charge < -0.3 is 15.1 Å². The molecule has 1 unspecified atom stereocenters. The Balaban J connectivity index is 1.91. The molecule has 0 saturated carbocycles. The van der Waals surface area contributed by atoms with Crippen LogP contribution in [0.25, 0.3) is 0 Å². The Labute approximate surface area is 122 Å². The first-order chi connectivity index (χ1) is 9.97. The van der Waals surface area contributed by atoms with E-state index in [-0.39, 0.29) is 11.7 Å². The minimum absolute atomic E-state index is 0.163. The van der Waals surface area contributed by atoms with Gasteiger partial charge in [0.2, 0.25) is 5.91 Å². The van der Waals surface area contributed by atoms with Crippen LogP contribution in [0.3, 0.4) is 0 Å². The Hall–Kier alpha value is -2.57. The summed E-state index contributed by atoms with van der Waals surface area (Å²) in [5.41, 5.74) is 0.928. The summed E-state index contributed by atoms with van der Waals surface area (Å²) in [5, 5.41) is 12.0. The van der Waals surface area contributed by atoms with E-state index in [1.165, 1.54) is 12.3 Å². The first-order valence-electron chi connectivity index (χ1n) is 6.68. The third-order valence-corrected chi connectivity index (χ3v) is 2.96. The number of aromatic amines is 1. The van der Waals surface area contributed by atoms with Crippen molar-refractivity contribution in [1.82, 2.24) is 15.5 Å². The average molecular weight is 290 g/mol. The van der Waals surface area contributed by atoms with Crippen molar-refractivity contribution >= 4 is 17.6 Å². The Morgan fingerprint density at radius 1 is 1.33 bits per heavy atom. The Morgan fingerprint density at radius 2 is 2.10 bits per heavy atom. The monoisotopic (exact) mass is 290 g/mol. The number of anilines is 1. The second kappa shape index (κ2) is 6.25. The molecule has 3 N–H and O–H groups in total. The number of hydrogen-bond acceptors (Lipinski definition) is 4. The second-order valence-electron chi connectivity index (χ2n) is 5.02. The van der Waals surface area contributed by atoms with Crippen LogP contribution in [0.2, 0.25) is 0 Å². The minimum atomic E-state index is -0.707. The minimum Gasteiger partial charge on any atom is -0.459 e. The molecule has 0 radical (unpaired) electrons. The van der Waals surface area contributed by atoms with Crippen LogP contribution in [0, 0.1) is 0 Å². The number of carbonyl (C=O) groups is 2. The summed E-state index contributed by atoms with van der Waals surface area (Å²) in [6.07, 6.45) is 1.40. The highest BCUT2D eigenvalue weighted by atomic mass is 16.3. The van der Waals surface area contributed by atoms with E-state index in [9.17, 15) is 9.59 Å². The topological polar surface area (TPSA) is 100 Å². The molecule has 2 rings (SSSR count). The molecule has 2 aromatic heterocycles. The summed E-state index contributed by atoms with van der Waals surface area (Å²) in [6.45, 7) is 5.63. The van der Waals surface area contributed by atoms with E-state index in [4.69, 9.17) is 4.42 Å². The summed E-state index contributed by atoms with van der Waals surface area (Å²) >= 11 is 0. The number of amides is 2. The number of H-pyrrole nitrogens is 1. The van der Waals surface area contributed by atoms with Crippen LogP contribution < -0.4 is 10.6 Å². The molecular weight excluding hydrogens is 272 g/mol. The maximum atomic E-state index is 12.0. The number of nitrogens with one attached hydrogen (secondary N) is 3. The van der Waals surface area contributed by atoms with E-state index in [1.807, 2.05) is 13.8 Å². The smallest absolute Gasteiger partial charge is 0.287 e. The fourth-order valence-electron chi connectivity index (χ4n) is 1.67. The van der Waals surface area contributed by atoms with Gasteiger partial charge in [-0.3, -0.25) is 14.7 Å². The molecule has 1 atom stereocenters. The number of hydrogen-bond donors (Lipinski definition) is 3. The van der Waals surface area contributed by atoms with Gasteiger partial charge in [0.15, 0.2) is 11.6 Å². The fraction of sp³-hybridized carbons (Fsp3) is 0.357. The zero-order chi connectivity index (χ0) is 15.4. The van der Waals surface area contributed by atoms with Gasteiger partial charge in [0.05, 0.1) is 6.26 Å². The summed E-state index contributed by atoms with van der Waals surface area (Å²) < 4.78 is 4.96. The molecule has 112 valence electrons. The molecule has 0 aliphatic rings. The van der Waals surface area contributed by atoms with Crippen LogP contribution in [0.4, 0.5) is 5.82 Å². The number of nitrogens with zero attached hydrogens (tertiary/aromatic N) is 1. The van der Waals surface area contributed by atoms with Gasteiger partial charge in [0.1, 0.15) is 6.04 Å². The van der Waals surface area contributed by atoms with Crippen LogP contribution in [-0.2, 0) is 4.79 Å². The zero-order valence-corrected chi connectivity index (χ0v) is 12.1. The van der Waals surface area contributed by atoms with Crippen molar-refractivity contribution in [2.45, 2.75) is 32.7 Å². The molecule has 21 heavy (non-hydrogen) atoms. The van der Waals surface area contributed by atoms with Gasteiger partial charge in [-0.1, -0.05) is 13.8 Å². The lowest BCUT2D eigenvalue weighted by Gasteiger charge is -2.11. The molecule has 0 fully saturated rings. The van der Waals surface area contributed by atoms with Crippen molar-refractivity contribution in [2.75, 3.05) is 5.32 Å². The summed E-state index contributed by atoms with van der Waals surface area (Å²) in [5.74, 6) is 0.0998. The molecule has 0 aliphatic heterocycles. The van der Waals surface area contributed by atoms with Gasteiger partial charge in [-0.05, 0) is 25.0 Å². The van der Waals surface area contributed by atoms with E-state index in [0.717, 1.165) is 5.69 Å². The van der Waals surface area contributed by atoms with Crippen molar-refractivity contribution in [3.8, 4) is 0 Å². The molecular formula is C14H18N4O3. The molecule has 0 aromatic carbocycles. The molecule has 7 nitrogen and oxygen atoms in total. The van der Waals surface area contributed by atoms with E-state index in [1.54, 1.807) is 19.1 Å². The summed E-state index contributed by atoms with van der Waals surface area (Å²) in [4.78, 5) is 23.7. The molecule has 0 aliphatic carbocycles. The quantitative estimate of drug-likeness (QED) is 0.782. The van der Waals surface area contributed by atoms with Crippen molar-refractivity contribution < 1.29 is 14.0 Å². The predicted octanol–water partition coefficient (Wildman–Crippen LogP) is 1.88. The SMILES string of the molecule is CC(NC(=O)c1ccco1)C(=O)Nc1cc(C(C)C)[nH]n1. The van der Waals surface area contributed by atoms with Gasteiger partial charge in [-0.15, -0.1) is 0 Å². The van der Waals surface area contributed by atoms with Gasteiger partial charge >= 0.3 is 0 Å². The molecule has 0 spiro atoms. The molecule has 2 heterocycles. The fourth-order valence-corrected chi connectivity index (χ4v) is 1.67. The Morgan fingerprint density at radius 3 is 2.67 bits per heavy atom. The van der Waals surface area contributed by atoms with Gasteiger partial charge in [-0.25, -0.2) is 0 Å². The van der Waals surface area contributed by atoms with Gasteiger partial charge in [0.25, 0.3) is 5.91 Å². The van der Waals surface area contributed by atoms with Crippen molar-refractivity contribution in [1.29, 1.82) is 0 Å². The first kappa shape index (κ1) is 14.8. The predicted molar refractivity (Wildman–Crippen MR) is 76.9 cm³/mol. The third kappa shape index (κ3) is 3.71. The number of aromatic nitrogens is 2. The second-order valence-corrected chi connectivity index (χ2v) is 5.02. The average Bonchev–Trinajstić information content (AvgIpc) is 3.09. The molecule has 0 saturated heterocycles. The molecule has 2 amide bonds. The van der Waals surface area contributed by atoms with Crippen LogP contribution in [0.5, 0.6) is 0 Å². The lowest BCUT2D eigenvalue weighted by Crippen LogP contribution is -2.41. The van der Waals surface area contributed by atoms with Crippen LogP contribution in [0.1, 0.15) is 42.9 Å². The molecule has 0 bridgehead atoms. The molecule has 2 aromatic rings. The highest BCUT2D eigenvalue weighted by molar-refractivity contribution is 5.99. The summed E-state index contributed by atoms with van der Waals surface area (Å²) in [6, 6.07) is 4.20. The number of carbonyl (C=O) groups excluding carboxylic acids is 2. The van der Waals surface area contributed by atoms with Crippen molar-refractivity contribution in [2.24, 2.45) is 0 Å². The van der Waals surface area contributed by atoms with Gasteiger partial charge in [0, 0.05) is 11.8 Å². The lowest BCUT2D eigenvalue weighted by atomic mass is 10.1. The Kier molecular flexibility index (Phi) is 4.42. The van der Waals surface area contributed by atoms with Gasteiger partial charge in [-0.2, -0.15) is 5.10 Å². The molecule has 7 heteroatoms. The largest absolute Gasteiger partial charge is 0.459 e. The number of furan rings is 1. The van der Waals surface area contributed by atoms with Crippen molar-refractivity contribution in [3.05, 3.63) is 35.9 Å². The van der Waals surface area contributed by atoms with E-state index >= 15 is 0 Å². The Bertz CT molecular complexity index is 616. The maximum Gasteiger partial charge on any atom is 0.287 e. The zero-order valence-electron chi connectivity index (χ0n) is 12.1. The van der Waals surface area contributed by atoms with Crippen LogP contribution >= 0.6 is 0 Å². The van der Waals surface area contributed by atoms with Crippen LogP contribution in [-0.4, -0.2) is 28.1 Å². The normalized spacial score (nSPS) is 12.2. The lowest BCUT2D eigenvalue weighted by molar-refractivity contribution is -0.117. The van der Waals surface area contributed by atoms with E-state index in [0.29, 0.717) is 11.7 Å². The third-order valence-electron chi connectivity index (χ3n) is 2.96.